The Morgan fingerprint density at radius 3 is 2.85 bits per heavy atom. The second-order valence-corrected chi connectivity index (χ2v) is 6.89. The molecule has 2 unspecified atom stereocenters. The minimum Gasteiger partial charge on any atom is -0.463 e. The van der Waals surface area contributed by atoms with Gasteiger partial charge in [0.25, 0.3) is 0 Å². The number of esters is 1. The minimum absolute atomic E-state index is 0.00609. The van der Waals surface area contributed by atoms with Crippen molar-refractivity contribution >= 4 is 29.2 Å². The van der Waals surface area contributed by atoms with E-state index >= 15 is 0 Å². The SMILES string of the molecule is O=C(CC1C(=O)OCC2CCCCN21)Nc1cc(C(F)(F)F)ccc1Cl. The summed E-state index contributed by atoms with van der Waals surface area (Å²) < 4.78 is 43.6. The van der Waals surface area contributed by atoms with Crippen LogP contribution < -0.4 is 5.32 Å². The van der Waals surface area contributed by atoms with E-state index in [9.17, 15) is 22.8 Å². The highest BCUT2D eigenvalue weighted by Crippen LogP contribution is 2.34. The largest absolute Gasteiger partial charge is 0.463 e. The summed E-state index contributed by atoms with van der Waals surface area (Å²) in [6, 6.07) is 2.07. The van der Waals surface area contributed by atoms with Gasteiger partial charge in [0.05, 0.1) is 22.7 Å². The van der Waals surface area contributed by atoms with Crippen molar-refractivity contribution < 1.29 is 27.5 Å². The van der Waals surface area contributed by atoms with Crippen LogP contribution in [0.15, 0.2) is 18.2 Å². The Hall–Kier alpha value is -1.80. The monoisotopic (exact) mass is 390 g/mol. The van der Waals surface area contributed by atoms with Gasteiger partial charge in [-0.3, -0.25) is 14.5 Å². The Morgan fingerprint density at radius 2 is 2.12 bits per heavy atom. The van der Waals surface area contributed by atoms with E-state index in [-0.39, 0.29) is 23.2 Å². The number of nitrogens with zero attached hydrogens (tertiary/aromatic N) is 1. The number of piperidine rings is 1. The van der Waals surface area contributed by atoms with E-state index in [0.29, 0.717) is 13.2 Å². The molecule has 5 nitrogen and oxygen atoms in total. The van der Waals surface area contributed by atoms with Crippen molar-refractivity contribution in [1.82, 2.24) is 4.90 Å². The van der Waals surface area contributed by atoms with E-state index in [1.165, 1.54) is 0 Å². The summed E-state index contributed by atoms with van der Waals surface area (Å²) >= 11 is 5.89. The van der Waals surface area contributed by atoms with Crippen molar-refractivity contribution in [2.24, 2.45) is 0 Å². The third-order valence-corrected chi connectivity index (χ3v) is 5.04. The molecule has 26 heavy (non-hydrogen) atoms. The fraction of sp³-hybridized carbons (Fsp3) is 0.529. The highest BCUT2D eigenvalue weighted by atomic mass is 35.5. The molecule has 142 valence electrons. The molecule has 2 saturated heterocycles. The molecule has 0 bridgehead atoms. The summed E-state index contributed by atoms with van der Waals surface area (Å²) in [5, 5.41) is 2.37. The van der Waals surface area contributed by atoms with E-state index < -0.39 is 29.7 Å². The van der Waals surface area contributed by atoms with Crippen molar-refractivity contribution in [3.63, 3.8) is 0 Å². The number of cyclic esters (lactones) is 1. The molecule has 0 aromatic heterocycles. The molecule has 2 aliphatic heterocycles. The van der Waals surface area contributed by atoms with Crippen LogP contribution in [0.25, 0.3) is 0 Å². The van der Waals surface area contributed by atoms with Gasteiger partial charge in [-0.2, -0.15) is 13.2 Å². The summed E-state index contributed by atoms with van der Waals surface area (Å²) in [4.78, 5) is 26.4. The number of hydrogen-bond acceptors (Lipinski definition) is 4. The molecule has 2 aliphatic rings. The van der Waals surface area contributed by atoms with Gasteiger partial charge in [0.15, 0.2) is 0 Å². The van der Waals surface area contributed by atoms with Gasteiger partial charge < -0.3 is 10.1 Å². The molecule has 0 aliphatic carbocycles. The van der Waals surface area contributed by atoms with Gasteiger partial charge in [-0.1, -0.05) is 18.0 Å². The number of carbonyl (C=O) groups excluding carboxylic acids is 2. The summed E-state index contributed by atoms with van der Waals surface area (Å²) in [5.74, 6) is -1.06. The Kier molecular flexibility index (Phi) is 5.43. The zero-order valence-corrected chi connectivity index (χ0v) is 14.6. The van der Waals surface area contributed by atoms with Crippen LogP contribution in [-0.4, -0.2) is 42.0 Å². The fourth-order valence-electron chi connectivity index (χ4n) is 3.40. The van der Waals surface area contributed by atoms with Gasteiger partial charge in [-0.15, -0.1) is 0 Å². The Bertz CT molecular complexity index is 711. The first-order valence-corrected chi connectivity index (χ1v) is 8.72. The van der Waals surface area contributed by atoms with Crippen LogP contribution in [0.2, 0.25) is 5.02 Å². The van der Waals surface area contributed by atoms with Crippen molar-refractivity contribution in [1.29, 1.82) is 0 Å². The van der Waals surface area contributed by atoms with Crippen molar-refractivity contribution in [3.8, 4) is 0 Å². The molecule has 1 aromatic carbocycles. The molecule has 0 radical (unpaired) electrons. The van der Waals surface area contributed by atoms with E-state index in [4.69, 9.17) is 16.3 Å². The second kappa shape index (κ2) is 7.44. The quantitative estimate of drug-likeness (QED) is 0.803. The van der Waals surface area contributed by atoms with Crippen LogP contribution >= 0.6 is 11.6 Å². The third kappa shape index (κ3) is 4.12. The van der Waals surface area contributed by atoms with Crippen molar-refractivity contribution in [2.45, 2.75) is 43.9 Å². The molecule has 1 aromatic rings. The standard InChI is InChI=1S/C17H18ClF3N2O3/c18-12-5-4-10(17(19,20)21)7-13(12)22-15(24)8-14-16(25)26-9-11-3-1-2-6-23(11)14/h4-5,7,11,14H,1-3,6,8-9H2,(H,22,24). The molecule has 2 fully saturated rings. The number of alkyl halides is 3. The van der Waals surface area contributed by atoms with Crippen LogP contribution in [0.4, 0.5) is 18.9 Å². The van der Waals surface area contributed by atoms with Gasteiger partial charge >= 0.3 is 12.1 Å². The average Bonchev–Trinajstić information content (AvgIpc) is 2.58. The lowest BCUT2D eigenvalue weighted by atomic mass is 9.97. The first-order valence-electron chi connectivity index (χ1n) is 8.34. The van der Waals surface area contributed by atoms with E-state index in [1.54, 1.807) is 0 Å². The number of rotatable bonds is 3. The first-order chi connectivity index (χ1) is 12.3. The molecule has 9 heteroatoms. The highest BCUT2D eigenvalue weighted by molar-refractivity contribution is 6.33. The number of carbonyl (C=O) groups is 2. The number of nitrogens with one attached hydrogen (secondary N) is 1. The summed E-state index contributed by atoms with van der Waals surface area (Å²) in [5.41, 5.74) is -1.05. The molecule has 3 rings (SSSR count). The number of benzene rings is 1. The number of anilines is 1. The van der Waals surface area contributed by atoms with Gasteiger partial charge in [0.2, 0.25) is 5.91 Å². The molecule has 2 atom stereocenters. The Labute approximate surface area is 153 Å². The molecular formula is C17H18ClF3N2O3. The molecule has 0 spiro atoms. The Morgan fingerprint density at radius 1 is 1.35 bits per heavy atom. The van der Waals surface area contributed by atoms with Crippen LogP contribution in [0.1, 0.15) is 31.2 Å². The van der Waals surface area contributed by atoms with Gasteiger partial charge in [0.1, 0.15) is 12.6 Å². The maximum atomic E-state index is 12.8. The topological polar surface area (TPSA) is 58.6 Å². The predicted molar refractivity (Wildman–Crippen MR) is 88.8 cm³/mol. The number of morpholine rings is 1. The van der Waals surface area contributed by atoms with Gasteiger partial charge in [0, 0.05) is 6.04 Å². The zero-order chi connectivity index (χ0) is 18.9. The average molecular weight is 391 g/mol. The number of amides is 1. The van der Waals surface area contributed by atoms with E-state index in [2.05, 4.69) is 5.32 Å². The fourth-order valence-corrected chi connectivity index (χ4v) is 3.56. The number of halogens is 4. The molecule has 1 amide bonds. The number of fused-ring (bicyclic) bond motifs is 1. The van der Waals surface area contributed by atoms with Crippen LogP contribution in [-0.2, 0) is 20.5 Å². The molecule has 2 heterocycles. The lowest BCUT2D eigenvalue weighted by Gasteiger charge is -2.43. The highest BCUT2D eigenvalue weighted by Gasteiger charge is 2.40. The Balaban J connectivity index is 1.71. The van der Waals surface area contributed by atoms with E-state index in [0.717, 1.165) is 37.5 Å². The maximum Gasteiger partial charge on any atom is 0.416 e. The maximum absolute atomic E-state index is 12.8. The summed E-state index contributed by atoms with van der Waals surface area (Å²) in [6.45, 7) is 1.01. The molecule has 1 N–H and O–H groups in total. The lowest BCUT2D eigenvalue weighted by Crippen LogP contribution is -2.57. The van der Waals surface area contributed by atoms with E-state index in [1.807, 2.05) is 4.90 Å². The number of ether oxygens (including phenoxy) is 1. The van der Waals surface area contributed by atoms with Crippen LogP contribution in [0, 0.1) is 0 Å². The van der Waals surface area contributed by atoms with Gasteiger partial charge in [-0.05, 0) is 37.6 Å². The van der Waals surface area contributed by atoms with Gasteiger partial charge in [-0.25, -0.2) is 0 Å². The summed E-state index contributed by atoms with van der Waals surface area (Å²) in [7, 11) is 0. The third-order valence-electron chi connectivity index (χ3n) is 4.71. The van der Waals surface area contributed by atoms with Crippen molar-refractivity contribution in [3.05, 3.63) is 28.8 Å². The zero-order valence-electron chi connectivity index (χ0n) is 13.8. The molecule has 0 saturated carbocycles. The van der Waals surface area contributed by atoms with Crippen molar-refractivity contribution in [2.75, 3.05) is 18.5 Å². The lowest BCUT2D eigenvalue weighted by molar-refractivity contribution is -0.165. The second-order valence-electron chi connectivity index (χ2n) is 6.48. The number of hydrogen-bond donors (Lipinski definition) is 1. The molecular weight excluding hydrogens is 373 g/mol. The smallest absolute Gasteiger partial charge is 0.416 e. The van der Waals surface area contributed by atoms with Crippen LogP contribution in [0.5, 0.6) is 0 Å². The summed E-state index contributed by atoms with van der Waals surface area (Å²) in [6.07, 6.45) is -1.87. The predicted octanol–water partition coefficient (Wildman–Crippen LogP) is 3.47. The normalized spacial score (nSPS) is 23.9. The first kappa shape index (κ1) is 19.0. The van der Waals surface area contributed by atoms with Crippen LogP contribution in [0.3, 0.4) is 0 Å². The minimum atomic E-state index is -4.54.